The molecule has 0 saturated heterocycles. The van der Waals surface area contributed by atoms with Crippen molar-refractivity contribution in [1.82, 2.24) is 0 Å². The van der Waals surface area contributed by atoms with E-state index in [9.17, 15) is 10.2 Å². The van der Waals surface area contributed by atoms with E-state index in [4.69, 9.17) is 0 Å². The maximum Gasteiger partial charge on any atom is 0.0618 e. The number of rotatable bonds is 2. The Bertz CT molecular complexity index is 496. The van der Waals surface area contributed by atoms with Gasteiger partial charge in [0.1, 0.15) is 0 Å². The molecule has 0 bridgehead atoms. The topological polar surface area (TPSA) is 40.5 Å². The van der Waals surface area contributed by atoms with Gasteiger partial charge in [0.05, 0.1) is 12.7 Å². The highest BCUT2D eigenvalue weighted by Crippen LogP contribution is 2.63. The van der Waals surface area contributed by atoms with Crippen molar-refractivity contribution in [3.8, 4) is 0 Å². The van der Waals surface area contributed by atoms with Crippen LogP contribution in [0.3, 0.4) is 0 Å². The zero-order chi connectivity index (χ0) is 16.2. The molecule has 3 aliphatic rings. The second-order valence-electron chi connectivity index (χ2n) is 8.84. The highest BCUT2D eigenvalue weighted by atomic mass is 16.3. The first-order valence-corrected chi connectivity index (χ1v) is 8.93. The van der Waals surface area contributed by atoms with Crippen molar-refractivity contribution in [1.29, 1.82) is 0 Å². The van der Waals surface area contributed by atoms with Gasteiger partial charge in [0.15, 0.2) is 0 Å². The van der Waals surface area contributed by atoms with Crippen molar-refractivity contribution in [3.05, 3.63) is 24.3 Å². The van der Waals surface area contributed by atoms with E-state index in [-0.39, 0.29) is 29.0 Å². The average molecular weight is 304 g/mol. The smallest absolute Gasteiger partial charge is 0.0618 e. The number of allylic oxidation sites excluding steroid dienone is 3. The lowest BCUT2D eigenvalue weighted by molar-refractivity contribution is -0.153. The Morgan fingerprint density at radius 3 is 2.59 bits per heavy atom. The predicted octanol–water partition coefficient (Wildman–Crippen LogP) is 4.08. The zero-order valence-corrected chi connectivity index (χ0v) is 14.4. The molecule has 0 radical (unpaired) electrons. The first kappa shape index (κ1) is 16.3. The van der Waals surface area contributed by atoms with Crippen molar-refractivity contribution in [2.75, 3.05) is 6.61 Å². The Balaban J connectivity index is 1.98. The first-order valence-electron chi connectivity index (χ1n) is 8.93. The van der Waals surface area contributed by atoms with Gasteiger partial charge >= 0.3 is 0 Å². The molecule has 2 N–H and O–H groups in total. The van der Waals surface area contributed by atoms with Gasteiger partial charge in [-0.05, 0) is 55.8 Å². The summed E-state index contributed by atoms with van der Waals surface area (Å²) in [6.07, 6.45) is 10.8. The third-order valence-corrected chi connectivity index (χ3v) is 7.57. The summed E-state index contributed by atoms with van der Waals surface area (Å²) in [6.45, 7) is 10.9. The van der Waals surface area contributed by atoms with Gasteiger partial charge in [0.25, 0.3) is 0 Å². The van der Waals surface area contributed by atoms with Gasteiger partial charge in [0.2, 0.25) is 0 Å². The normalized spacial score (nSPS) is 51.5. The van der Waals surface area contributed by atoms with E-state index in [1.165, 1.54) is 12.8 Å². The quantitative estimate of drug-likeness (QED) is 0.755. The van der Waals surface area contributed by atoms with E-state index < -0.39 is 0 Å². The lowest BCUT2D eigenvalue weighted by Crippen LogP contribution is -2.58. The second kappa shape index (κ2) is 5.21. The molecular formula is C20H32O2. The Morgan fingerprint density at radius 1 is 1.23 bits per heavy atom. The maximum absolute atomic E-state index is 10.5. The molecule has 0 amide bonds. The fraction of sp³-hybridized carbons (Fsp3) is 0.800. The summed E-state index contributed by atoms with van der Waals surface area (Å²) in [4.78, 5) is 0. The van der Waals surface area contributed by atoms with Crippen molar-refractivity contribution >= 4 is 0 Å². The summed E-state index contributed by atoms with van der Waals surface area (Å²) in [6, 6.07) is 0. The number of aliphatic hydroxyl groups is 2. The van der Waals surface area contributed by atoms with Crippen LogP contribution in [0.1, 0.15) is 59.3 Å². The van der Waals surface area contributed by atoms with Crippen molar-refractivity contribution in [3.63, 3.8) is 0 Å². The number of hydrogen-bond acceptors (Lipinski definition) is 2. The molecular weight excluding hydrogens is 272 g/mol. The number of fused-ring (bicyclic) bond motifs is 3. The Labute approximate surface area is 135 Å². The minimum atomic E-state index is -0.358. The third kappa shape index (κ3) is 2.14. The lowest BCUT2D eigenvalue weighted by Gasteiger charge is -2.61. The predicted molar refractivity (Wildman–Crippen MR) is 90.4 cm³/mol. The molecule has 0 aromatic carbocycles. The molecule has 3 aliphatic carbocycles. The van der Waals surface area contributed by atoms with Crippen LogP contribution in [0.25, 0.3) is 0 Å². The van der Waals surface area contributed by atoms with Gasteiger partial charge in [-0.25, -0.2) is 0 Å². The molecule has 0 aromatic heterocycles. The molecule has 2 saturated carbocycles. The highest BCUT2D eigenvalue weighted by molar-refractivity contribution is 5.27. The summed E-state index contributed by atoms with van der Waals surface area (Å²) in [5, 5.41) is 20.5. The molecule has 2 heteroatoms. The van der Waals surface area contributed by atoms with Gasteiger partial charge in [-0.15, -0.1) is 6.58 Å². The van der Waals surface area contributed by atoms with E-state index in [2.05, 4.69) is 39.5 Å². The SMILES string of the molecule is C=C[C@]1(C)C=C2CCC3[C@@](C)(CC[C@@H](O)[C@@]3(C)CO)C2CC1. The summed E-state index contributed by atoms with van der Waals surface area (Å²) >= 11 is 0. The summed E-state index contributed by atoms with van der Waals surface area (Å²) < 4.78 is 0. The lowest BCUT2D eigenvalue weighted by atomic mass is 9.44. The molecule has 0 spiro atoms. The van der Waals surface area contributed by atoms with Crippen LogP contribution in [0, 0.1) is 28.1 Å². The third-order valence-electron chi connectivity index (χ3n) is 7.57. The number of hydrogen-bond donors (Lipinski definition) is 2. The van der Waals surface area contributed by atoms with Gasteiger partial charge in [0, 0.05) is 10.8 Å². The maximum atomic E-state index is 10.5. The Morgan fingerprint density at radius 2 is 1.95 bits per heavy atom. The standard InChI is InChI=1S/C20H32O2/c1-5-18(2)10-8-15-14(12-18)6-7-16-19(15,3)11-9-17(22)20(16,4)13-21/h5,12,15-17,21-22H,1,6-11,13H2,2-4H3/t15?,16?,17-,18+,19+,20+/m1/s1. The molecule has 22 heavy (non-hydrogen) atoms. The molecule has 2 nitrogen and oxygen atoms in total. The second-order valence-corrected chi connectivity index (χ2v) is 8.84. The van der Waals surface area contributed by atoms with E-state index in [1.54, 1.807) is 5.57 Å². The van der Waals surface area contributed by atoms with Crippen LogP contribution < -0.4 is 0 Å². The van der Waals surface area contributed by atoms with Crippen LogP contribution in [0.5, 0.6) is 0 Å². The monoisotopic (exact) mass is 304 g/mol. The molecule has 2 unspecified atom stereocenters. The van der Waals surface area contributed by atoms with Crippen molar-refractivity contribution < 1.29 is 10.2 Å². The molecule has 0 heterocycles. The first-order chi connectivity index (χ1) is 10.3. The van der Waals surface area contributed by atoms with Crippen LogP contribution in [-0.4, -0.2) is 22.9 Å². The van der Waals surface area contributed by atoms with Gasteiger partial charge < -0.3 is 10.2 Å². The number of aliphatic hydroxyl groups excluding tert-OH is 2. The fourth-order valence-electron chi connectivity index (χ4n) is 5.94. The van der Waals surface area contributed by atoms with E-state index in [1.807, 2.05) is 0 Å². The van der Waals surface area contributed by atoms with Crippen LogP contribution in [0.4, 0.5) is 0 Å². The minimum Gasteiger partial charge on any atom is -0.396 e. The van der Waals surface area contributed by atoms with Gasteiger partial charge in [-0.2, -0.15) is 0 Å². The molecule has 2 fully saturated rings. The van der Waals surface area contributed by atoms with Crippen LogP contribution >= 0.6 is 0 Å². The fourth-order valence-corrected chi connectivity index (χ4v) is 5.94. The van der Waals surface area contributed by atoms with Crippen LogP contribution in [0.2, 0.25) is 0 Å². The largest absolute Gasteiger partial charge is 0.396 e. The van der Waals surface area contributed by atoms with E-state index in [0.29, 0.717) is 11.8 Å². The van der Waals surface area contributed by atoms with Gasteiger partial charge in [-0.1, -0.05) is 38.5 Å². The van der Waals surface area contributed by atoms with Gasteiger partial charge in [-0.3, -0.25) is 0 Å². The Hall–Kier alpha value is -0.600. The average Bonchev–Trinajstić information content (AvgIpc) is 2.51. The van der Waals surface area contributed by atoms with Crippen LogP contribution in [0.15, 0.2) is 24.3 Å². The molecule has 0 aromatic rings. The van der Waals surface area contributed by atoms with E-state index >= 15 is 0 Å². The molecule has 3 rings (SSSR count). The molecule has 0 aliphatic heterocycles. The molecule has 124 valence electrons. The van der Waals surface area contributed by atoms with Crippen molar-refractivity contribution in [2.24, 2.45) is 28.1 Å². The highest BCUT2D eigenvalue weighted by Gasteiger charge is 2.58. The Kier molecular flexibility index (Phi) is 3.85. The summed E-state index contributed by atoms with van der Waals surface area (Å²) in [5.41, 5.74) is 1.66. The summed E-state index contributed by atoms with van der Waals surface area (Å²) in [7, 11) is 0. The molecule has 6 atom stereocenters. The summed E-state index contributed by atoms with van der Waals surface area (Å²) in [5.74, 6) is 1.04. The van der Waals surface area contributed by atoms with E-state index in [0.717, 1.165) is 25.7 Å². The van der Waals surface area contributed by atoms with Crippen molar-refractivity contribution in [2.45, 2.75) is 65.4 Å². The zero-order valence-electron chi connectivity index (χ0n) is 14.4. The van der Waals surface area contributed by atoms with Crippen LogP contribution in [-0.2, 0) is 0 Å². The minimum absolute atomic E-state index is 0.102.